The highest BCUT2D eigenvalue weighted by atomic mass is 16.2. The van der Waals surface area contributed by atoms with Gasteiger partial charge in [-0.2, -0.15) is 0 Å². The van der Waals surface area contributed by atoms with E-state index in [9.17, 15) is 9.59 Å². The van der Waals surface area contributed by atoms with E-state index in [1.54, 1.807) is 24.3 Å². The van der Waals surface area contributed by atoms with Gasteiger partial charge in [0, 0.05) is 17.4 Å². The zero-order valence-electron chi connectivity index (χ0n) is 9.75. The fourth-order valence-electron chi connectivity index (χ4n) is 1.44. The predicted molar refractivity (Wildman–Crippen MR) is 66.4 cm³/mol. The lowest BCUT2D eigenvalue weighted by molar-refractivity contribution is 0.100. The van der Waals surface area contributed by atoms with Gasteiger partial charge in [-0.3, -0.25) is 9.59 Å². The van der Waals surface area contributed by atoms with Crippen LogP contribution in [0, 0.1) is 0 Å². The van der Waals surface area contributed by atoms with Crippen LogP contribution >= 0.6 is 0 Å². The number of Topliss-reactive ketones (excluding diaryl/α,β-unsaturated/α-hetero) is 1. The Labute approximate surface area is 104 Å². The Bertz CT molecular complexity index is 582. The Morgan fingerprint density at radius 2 is 2.06 bits per heavy atom. The Morgan fingerprint density at radius 3 is 2.72 bits per heavy atom. The number of amides is 1. The monoisotopic (exact) mass is 241 g/mol. The molecule has 1 heterocycles. The minimum absolute atomic E-state index is 0.0480. The summed E-state index contributed by atoms with van der Waals surface area (Å²) in [5, 5.41) is 2.67. The van der Waals surface area contributed by atoms with Crippen LogP contribution in [0.15, 0.2) is 42.9 Å². The fraction of sp³-hybridized carbons (Fsp3) is 0.0769. The number of hydrogen-bond donors (Lipinski definition) is 1. The van der Waals surface area contributed by atoms with Crippen LogP contribution < -0.4 is 5.32 Å². The minimum atomic E-state index is -0.335. The summed E-state index contributed by atoms with van der Waals surface area (Å²) in [6, 6.07) is 8.27. The second-order valence-electron chi connectivity index (χ2n) is 3.69. The molecule has 1 aromatic carbocycles. The Kier molecular flexibility index (Phi) is 3.43. The van der Waals surface area contributed by atoms with Crippen LogP contribution in [0.5, 0.6) is 0 Å². The molecule has 0 atom stereocenters. The van der Waals surface area contributed by atoms with Gasteiger partial charge < -0.3 is 5.32 Å². The van der Waals surface area contributed by atoms with Gasteiger partial charge in [0.15, 0.2) is 5.78 Å². The maximum atomic E-state index is 11.8. The number of anilines is 1. The summed E-state index contributed by atoms with van der Waals surface area (Å²) in [5.41, 5.74) is 1.39. The molecule has 5 nitrogen and oxygen atoms in total. The highest BCUT2D eigenvalue weighted by Gasteiger charge is 2.07. The number of nitrogens with one attached hydrogen (secondary N) is 1. The van der Waals surface area contributed by atoms with Gasteiger partial charge in [-0.25, -0.2) is 9.97 Å². The van der Waals surface area contributed by atoms with Crippen molar-refractivity contribution in [3.63, 3.8) is 0 Å². The second kappa shape index (κ2) is 5.18. The van der Waals surface area contributed by atoms with Crippen molar-refractivity contribution in [2.75, 3.05) is 5.32 Å². The zero-order valence-corrected chi connectivity index (χ0v) is 9.75. The number of carbonyl (C=O) groups excluding carboxylic acids is 2. The number of ketones is 1. The molecule has 1 aromatic heterocycles. The third-order valence-electron chi connectivity index (χ3n) is 2.34. The maximum absolute atomic E-state index is 11.8. The van der Waals surface area contributed by atoms with Gasteiger partial charge in [-0.15, -0.1) is 0 Å². The standard InChI is InChI=1S/C13H11N3O2/c1-9(17)10-3-2-4-11(7-10)16-13(18)12-5-6-14-8-15-12/h2-8H,1H3,(H,16,18). The Hall–Kier alpha value is -2.56. The van der Waals surface area contributed by atoms with Gasteiger partial charge in [0.2, 0.25) is 0 Å². The third kappa shape index (κ3) is 2.76. The van der Waals surface area contributed by atoms with Crippen LogP contribution in [-0.4, -0.2) is 21.7 Å². The summed E-state index contributed by atoms with van der Waals surface area (Å²) < 4.78 is 0. The first kappa shape index (κ1) is 11.9. The van der Waals surface area contributed by atoms with Crippen molar-refractivity contribution in [3.05, 3.63) is 54.1 Å². The molecule has 90 valence electrons. The van der Waals surface area contributed by atoms with E-state index in [2.05, 4.69) is 15.3 Å². The Balaban J connectivity index is 2.17. The first-order valence-electron chi connectivity index (χ1n) is 5.35. The molecule has 0 unspecified atom stereocenters. The van der Waals surface area contributed by atoms with Crippen molar-refractivity contribution >= 4 is 17.4 Å². The molecule has 2 rings (SSSR count). The number of nitrogens with zero attached hydrogens (tertiary/aromatic N) is 2. The molecule has 0 aliphatic heterocycles. The first-order chi connectivity index (χ1) is 8.66. The summed E-state index contributed by atoms with van der Waals surface area (Å²) in [6.45, 7) is 1.48. The molecule has 1 amide bonds. The van der Waals surface area contributed by atoms with E-state index in [-0.39, 0.29) is 17.4 Å². The first-order valence-corrected chi connectivity index (χ1v) is 5.35. The lowest BCUT2D eigenvalue weighted by atomic mass is 10.1. The van der Waals surface area contributed by atoms with E-state index in [0.29, 0.717) is 11.3 Å². The number of hydrogen-bond acceptors (Lipinski definition) is 4. The van der Waals surface area contributed by atoms with Crippen LogP contribution in [-0.2, 0) is 0 Å². The van der Waals surface area contributed by atoms with Crippen LogP contribution in [0.1, 0.15) is 27.8 Å². The van der Waals surface area contributed by atoms with Gasteiger partial charge in [-0.05, 0) is 25.1 Å². The largest absolute Gasteiger partial charge is 0.321 e. The minimum Gasteiger partial charge on any atom is -0.321 e. The molecule has 0 saturated carbocycles. The molecular formula is C13H11N3O2. The van der Waals surface area contributed by atoms with E-state index < -0.39 is 0 Å². The van der Waals surface area contributed by atoms with Crippen molar-refractivity contribution in [3.8, 4) is 0 Å². The second-order valence-corrected chi connectivity index (χ2v) is 3.69. The zero-order chi connectivity index (χ0) is 13.0. The van der Waals surface area contributed by atoms with Crippen LogP contribution in [0.2, 0.25) is 0 Å². The van der Waals surface area contributed by atoms with Gasteiger partial charge in [0.05, 0.1) is 0 Å². The predicted octanol–water partition coefficient (Wildman–Crippen LogP) is 1.93. The van der Waals surface area contributed by atoms with Gasteiger partial charge in [-0.1, -0.05) is 12.1 Å². The average Bonchev–Trinajstić information content (AvgIpc) is 2.40. The summed E-state index contributed by atoms with van der Waals surface area (Å²) in [5.74, 6) is -0.383. The van der Waals surface area contributed by atoms with Crippen LogP contribution in [0.25, 0.3) is 0 Å². The summed E-state index contributed by atoms with van der Waals surface area (Å²) in [4.78, 5) is 30.6. The summed E-state index contributed by atoms with van der Waals surface area (Å²) in [6.07, 6.45) is 2.80. The molecule has 0 bridgehead atoms. The molecule has 1 N–H and O–H groups in total. The number of carbonyl (C=O) groups is 2. The fourth-order valence-corrected chi connectivity index (χ4v) is 1.44. The number of rotatable bonds is 3. The maximum Gasteiger partial charge on any atom is 0.274 e. The molecular weight excluding hydrogens is 230 g/mol. The van der Waals surface area contributed by atoms with Crippen LogP contribution in [0.4, 0.5) is 5.69 Å². The van der Waals surface area contributed by atoms with Crippen molar-refractivity contribution in [2.45, 2.75) is 6.92 Å². The smallest absolute Gasteiger partial charge is 0.274 e. The van der Waals surface area contributed by atoms with E-state index >= 15 is 0 Å². The van der Waals surface area contributed by atoms with Crippen molar-refractivity contribution in [2.24, 2.45) is 0 Å². The Morgan fingerprint density at radius 1 is 1.22 bits per heavy atom. The molecule has 0 aliphatic rings. The van der Waals surface area contributed by atoms with E-state index in [1.807, 2.05) is 0 Å². The summed E-state index contributed by atoms with van der Waals surface area (Å²) >= 11 is 0. The lowest BCUT2D eigenvalue weighted by Gasteiger charge is -2.05. The van der Waals surface area contributed by atoms with E-state index in [4.69, 9.17) is 0 Å². The lowest BCUT2D eigenvalue weighted by Crippen LogP contribution is -2.13. The molecule has 0 saturated heterocycles. The van der Waals surface area contributed by atoms with Crippen molar-refractivity contribution in [1.82, 2.24) is 9.97 Å². The highest BCUT2D eigenvalue weighted by Crippen LogP contribution is 2.12. The molecule has 18 heavy (non-hydrogen) atoms. The average molecular weight is 241 g/mol. The molecule has 0 radical (unpaired) electrons. The third-order valence-corrected chi connectivity index (χ3v) is 2.34. The normalized spacial score (nSPS) is 9.83. The quantitative estimate of drug-likeness (QED) is 0.833. The molecule has 0 spiro atoms. The van der Waals surface area contributed by atoms with Gasteiger partial charge in [0.1, 0.15) is 12.0 Å². The molecule has 2 aromatic rings. The van der Waals surface area contributed by atoms with Crippen molar-refractivity contribution < 1.29 is 9.59 Å². The number of aromatic nitrogens is 2. The van der Waals surface area contributed by atoms with Gasteiger partial charge in [0.25, 0.3) is 5.91 Å². The summed E-state index contributed by atoms with van der Waals surface area (Å²) in [7, 11) is 0. The molecule has 0 fully saturated rings. The highest BCUT2D eigenvalue weighted by molar-refractivity contribution is 6.03. The van der Waals surface area contributed by atoms with E-state index in [1.165, 1.54) is 25.5 Å². The molecule has 5 heteroatoms. The van der Waals surface area contributed by atoms with Crippen molar-refractivity contribution in [1.29, 1.82) is 0 Å². The SMILES string of the molecule is CC(=O)c1cccc(NC(=O)c2ccncn2)c1. The van der Waals surface area contributed by atoms with E-state index in [0.717, 1.165) is 0 Å². The van der Waals surface area contributed by atoms with Gasteiger partial charge >= 0.3 is 0 Å². The van der Waals surface area contributed by atoms with Crippen LogP contribution in [0.3, 0.4) is 0 Å². The molecule has 0 aliphatic carbocycles. The number of benzene rings is 1. The topological polar surface area (TPSA) is 72.0 Å².